The Bertz CT molecular complexity index is 1470. The maximum absolute atomic E-state index is 12.7. The molecule has 1 aliphatic rings. The van der Waals surface area contributed by atoms with Crippen molar-refractivity contribution < 1.29 is 22.4 Å². The van der Waals surface area contributed by atoms with E-state index >= 15 is 0 Å². The Balaban J connectivity index is 1.22. The summed E-state index contributed by atoms with van der Waals surface area (Å²) in [4.78, 5) is 25.5. The standard InChI is InChI=1S/C28H26N2O5S/c31-26(15-18-36(33,34)23-8-2-1-3-9-23)30-28(16-6-17-28)21-11-13-22(14-12-21)29-27(32)25-19-20-7-4-5-10-24(20)35-25/h1-5,7-14,19H,6,15-18H2,(H,29,32)(H,30,31). The molecule has 0 saturated heterocycles. The summed E-state index contributed by atoms with van der Waals surface area (Å²) in [6, 6.07) is 24.6. The molecule has 1 aromatic heterocycles. The maximum atomic E-state index is 12.7. The van der Waals surface area contributed by atoms with Crippen LogP contribution < -0.4 is 10.6 Å². The molecule has 1 heterocycles. The number of para-hydroxylation sites is 1. The first-order chi connectivity index (χ1) is 17.3. The smallest absolute Gasteiger partial charge is 0.291 e. The summed E-state index contributed by atoms with van der Waals surface area (Å²) in [6.07, 6.45) is 2.40. The number of sulfone groups is 1. The van der Waals surface area contributed by atoms with Crippen LogP contribution in [-0.2, 0) is 20.2 Å². The zero-order valence-corrected chi connectivity index (χ0v) is 20.4. The fourth-order valence-electron chi connectivity index (χ4n) is 4.48. The number of hydrogen-bond acceptors (Lipinski definition) is 5. The van der Waals surface area contributed by atoms with Gasteiger partial charge in [-0.05, 0) is 61.2 Å². The van der Waals surface area contributed by atoms with E-state index in [1.54, 1.807) is 36.4 Å². The second kappa shape index (κ2) is 9.62. The number of hydrogen-bond donors (Lipinski definition) is 2. The third-order valence-corrected chi connectivity index (χ3v) is 8.36. The van der Waals surface area contributed by atoms with E-state index in [2.05, 4.69) is 10.6 Å². The number of amides is 2. The summed E-state index contributed by atoms with van der Waals surface area (Å²) >= 11 is 0. The Kier molecular flexibility index (Phi) is 6.36. The lowest BCUT2D eigenvalue weighted by atomic mass is 9.71. The molecule has 36 heavy (non-hydrogen) atoms. The SMILES string of the molecule is O=C(CCS(=O)(=O)c1ccccc1)NC1(c2ccc(NC(=O)c3cc4ccccc4o3)cc2)CCC1. The number of carbonyl (C=O) groups is 2. The molecule has 8 heteroatoms. The Hall–Kier alpha value is -3.91. The first kappa shape index (κ1) is 23.8. The predicted molar refractivity (Wildman–Crippen MR) is 137 cm³/mol. The molecule has 5 rings (SSSR count). The van der Waals surface area contributed by atoms with Crippen LogP contribution in [0.4, 0.5) is 5.69 Å². The zero-order valence-electron chi connectivity index (χ0n) is 19.6. The summed E-state index contributed by atoms with van der Waals surface area (Å²) < 4.78 is 30.6. The molecular formula is C28H26N2O5S. The van der Waals surface area contributed by atoms with Crippen molar-refractivity contribution >= 4 is 38.3 Å². The summed E-state index contributed by atoms with van der Waals surface area (Å²) in [5.41, 5.74) is 1.67. The highest BCUT2D eigenvalue weighted by Crippen LogP contribution is 2.41. The minimum Gasteiger partial charge on any atom is -0.451 e. The molecule has 1 fully saturated rings. The third kappa shape index (κ3) is 4.90. The van der Waals surface area contributed by atoms with E-state index in [0.717, 1.165) is 30.2 Å². The van der Waals surface area contributed by atoms with Crippen LogP contribution in [0, 0.1) is 0 Å². The third-order valence-electron chi connectivity index (χ3n) is 6.63. The van der Waals surface area contributed by atoms with Gasteiger partial charge in [0, 0.05) is 17.5 Å². The van der Waals surface area contributed by atoms with Gasteiger partial charge in [-0.1, -0.05) is 48.5 Å². The van der Waals surface area contributed by atoms with Gasteiger partial charge in [0.05, 0.1) is 16.2 Å². The van der Waals surface area contributed by atoms with Crippen molar-refractivity contribution in [1.82, 2.24) is 5.32 Å². The number of anilines is 1. The molecule has 2 amide bonds. The first-order valence-corrected chi connectivity index (χ1v) is 13.5. The van der Waals surface area contributed by atoms with Crippen molar-refractivity contribution in [2.24, 2.45) is 0 Å². The van der Waals surface area contributed by atoms with E-state index in [0.29, 0.717) is 11.3 Å². The topological polar surface area (TPSA) is 105 Å². The normalized spacial score (nSPS) is 14.7. The average Bonchev–Trinajstić information content (AvgIpc) is 3.31. The molecule has 2 N–H and O–H groups in total. The van der Waals surface area contributed by atoms with Crippen LogP contribution in [0.25, 0.3) is 11.0 Å². The van der Waals surface area contributed by atoms with E-state index in [1.165, 1.54) is 12.1 Å². The Morgan fingerprint density at radius 2 is 1.58 bits per heavy atom. The molecule has 4 aromatic rings. The van der Waals surface area contributed by atoms with E-state index in [1.807, 2.05) is 36.4 Å². The van der Waals surface area contributed by atoms with Crippen molar-refractivity contribution in [2.45, 2.75) is 36.1 Å². The maximum Gasteiger partial charge on any atom is 0.291 e. The van der Waals surface area contributed by atoms with Crippen LogP contribution >= 0.6 is 0 Å². The summed E-state index contributed by atoms with van der Waals surface area (Å²) in [7, 11) is -3.52. The molecule has 0 bridgehead atoms. The molecule has 0 unspecified atom stereocenters. The zero-order chi connectivity index (χ0) is 25.2. The van der Waals surface area contributed by atoms with Crippen molar-refractivity contribution in [3.8, 4) is 0 Å². The van der Waals surface area contributed by atoms with E-state index < -0.39 is 15.4 Å². The molecule has 0 atom stereocenters. The van der Waals surface area contributed by atoms with Gasteiger partial charge < -0.3 is 15.1 Å². The number of carbonyl (C=O) groups excluding carboxylic acids is 2. The minimum atomic E-state index is -3.52. The fourth-order valence-corrected chi connectivity index (χ4v) is 5.74. The minimum absolute atomic E-state index is 0.107. The highest BCUT2D eigenvalue weighted by molar-refractivity contribution is 7.91. The lowest BCUT2D eigenvalue weighted by molar-refractivity contribution is -0.124. The Morgan fingerprint density at radius 1 is 0.889 bits per heavy atom. The van der Waals surface area contributed by atoms with Crippen molar-refractivity contribution in [1.29, 1.82) is 0 Å². The van der Waals surface area contributed by atoms with E-state index in [9.17, 15) is 18.0 Å². The monoisotopic (exact) mass is 502 g/mol. The number of fused-ring (bicyclic) bond motifs is 1. The molecule has 7 nitrogen and oxygen atoms in total. The van der Waals surface area contributed by atoms with E-state index in [4.69, 9.17) is 4.42 Å². The molecule has 1 saturated carbocycles. The number of rotatable bonds is 8. The van der Waals surface area contributed by atoms with Gasteiger partial charge in [-0.15, -0.1) is 0 Å². The van der Waals surface area contributed by atoms with Gasteiger partial charge in [-0.3, -0.25) is 9.59 Å². The van der Waals surface area contributed by atoms with Crippen LogP contribution in [0.3, 0.4) is 0 Å². The van der Waals surface area contributed by atoms with Crippen LogP contribution in [0.15, 0.2) is 94.2 Å². The van der Waals surface area contributed by atoms with Gasteiger partial charge in [-0.2, -0.15) is 0 Å². The fraction of sp³-hybridized carbons (Fsp3) is 0.214. The van der Waals surface area contributed by atoms with Crippen molar-refractivity contribution in [3.63, 3.8) is 0 Å². The van der Waals surface area contributed by atoms with Crippen molar-refractivity contribution in [3.05, 3.63) is 96.3 Å². The lowest BCUT2D eigenvalue weighted by Crippen LogP contribution is -2.51. The predicted octanol–water partition coefficient (Wildman–Crippen LogP) is 5.04. The van der Waals surface area contributed by atoms with Gasteiger partial charge in [-0.25, -0.2) is 8.42 Å². The highest BCUT2D eigenvalue weighted by atomic mass is 32.2. The van der Waals surface area contributed by atoms with Gasteiger partial charge in [0.25, 0.3) is 5.91 Å². The summed E-state index contributed by atoms with van der Waals surface area (Å²) in [5.74, 6) is -0.652. The van der Waals surface area contributed by atoms with Gasteiger partial charge >= 0.3 is 0 Å². The highest BCUT2D eigenvalue weighted by Gasteiger charge is 2.40. The largest absolute Gasteiger partial charge is 0.451 e. The van der Waals surface area contributed by atoms with Crippen LogP contribution in [-0.4, -0.2) is 26.0 Å². The van der Waals surface area contributed by atoms with Crippen molar-refractivity contribution in [2.75, 3.05) is 11.1 Å². The summed E-state index contributed by atoms with van der Waals surface area (Å²) in [5, 5.41) is 6.76. The van der Waals surface area contributed by atoms with Crippen LogP contribution in [0.2, 0.25) is 0 Å². The second-order valence-electron chi connectivity index (χ2n) is 9.05. The number of benzene rings is 3. The molecule has 3 aromatic carbocycles. The lowest BCUT2D eigenvalue weighted by Gasteiger charge is -2.43. The second-order valence-corrected chi connectivity index (χ2v) is 11.2. The van der Waals surface area contributed by atoms with Gasteiger partial charge in [0.1, 0.15) is 5.58 Å². The molecule has 1 aliphatic carbocycles. The van der Waals surface area contributed by atoms with Gasteiger partial charge in [0.2, 0.25) is 5.91 Å². The average molecular weight is 503 g/mol. The molecule has 0 aliphatic heterocycles. The molecule has 184 valence electrons. The molecule has 0 spiro atoms. The quantitative estimate of drug-likeness (QED) is 0.351. The molecule has 0 radical (unpaired) electrons. The molecular weight excluding hydrogens is 476 g/mol. The summed E-state index contributed by atoms with van der Waals surface area (Å²) in [6.45, 7) is 0. The van der Waals surface area contributed by atoms with Crippen LogP contribution in [0.1, 0.15) is 41.8 Å². The first-order valence-electron chi connectivity index (χ1n) is 11.8. The Morgan fingerprint density at radius 3 is 2.25 bits per heavy atom. The Labute approximate surface area is 209 Å². The van der Waals surface area contributed by atoms with E-state index in [-0.39, 0.29) is 34.6 Å². The number of nitrogens with one attached hydrogen (secondary N) is 2. The van der Waals surface area contributed by atoms with Gasteiger partial charge in [0.15, 0.2) is 15.6 Å². The number of furan rings is 1. The van der Waals surface area contributed by atoms with Crippen LogP contribution in [0.5, 0.6) is 0 Å².